The third-order valence-corrected chi connectivity index (χ3v) is 6.78. The van der Waals surface area contributed by atoms with Crippen molar-refractivity contribution >= 4 is 21.6 Å². The van der Waals surface area contributed by atoms with Crippen LogP contribution in [0, 0.1) is 13.8 Å². The molecule has 0 aliphatic heterocycles. The highest BCUT2D eigenvalue weighted by Gasteiger charge is 2.20. The second-order valence-electron chi connectivity index (χ2n) is 8.00. The second kappa shape index (κ2) is 9.97. The summed E-state index contributed by atoms with van der Waals surface area (Å²) in [5, 5.41) is 2.96. The van der Waals surface area contributed by atoms with Crippen molar-refractivity contribution in [3.63, 3.8) is 0 Å². The summed E-state index contributed by atoms with van der Waals surface area (Å²) < 4.78 is 28.5. The first-order valence-electron chi connectivity index (χ1n) is 10.4. The summed E-state index contributed by atoms with van der Waals surface area (Å²) in [5.41, 5.74) is 3.46. The van der Waals surface area contributed by atoms with Gasteiger partial charge < -0.3 is 10.2 Å². The summed E-state index contributed by atoms with van der Waals surface area (Å²) in [6, 6.07) is 21.7. The number of nitrogens with one attached hydrogen (secondary N) is 2. The highest BCUT2D eigenvalue weighted by Crippen LogP contribution is 2.22. The fraction of sp³-hybridized carbons (Fsp3) is 0.240. The number of anilines is 1. The predicted octanol–water partition coefficient (Wildman–Crippen LogP) is 4.14. The standard InChI is InChI=1S/C25H29N3O3S/c1-18-14-15-21(32(30,31)27-23-13-9-8-10-19(23)2)16-22(18)25(29)26-17-24(28(3)4)20-11-6-5-7-12-20/h5-16,24,27H,17H2,1-4H3,(H,26,29)/t24-/m1/s1. The zero-order valence-corrected chi connectivity index (χ0v) is 19.6. The van der Waals surface area contributed by atoms with Gasteiger partial charge in [0.2, 0.25) is 0 Å². The van der Waals surface area contributed by atoms with E-state index in [0.29, 0.717) is 23.4 Å². The van der Waals surface area contributed by atoms with Crippen molar-refractivity contribution in [2.45, 2.75) is 24.8 Å². The number of hydrogen-bond acceptors (Lipinski definition) is 4. The second-order valence-corrected chi connectivity index (χ2v) is 9.68. The minimum Gasteiger partial charge on any atom is -0.350 e. The number of benzene rings is 3. The Hall–Kier alpha value is -3.16. The molecule has 3 aromatic carbocycles. The number of nitrogens with zero attached hydrogens (tertiary/aromatic N) is 1. The summed E-state index contributed by atoms with van der Waals surface area (Å²) in [6.45, 7) is 4.02. The van der Waals surface area contributed by atoms with Gasteiger partial charge in [0.05, 0.1) is 16.6 Å². The van der Waals surface area contributed by atoms with E-state index in [2.05, 4.69) is 10.0 Å². The van der Waals surface area contributed by atoms with Crippen LogP contribution in [0.2, 0.25) is 0 Å². The van der Waals surface area contributed by atoms with E-state index >= 15 is 0 Å². The van der Waals surface area contributed by atoms with Crippen LogP contribution in [-0.2, 0) is 10.0 Å². The average Bonchev–Trinajstić information content (AvgIpc) is 2.76. The lowest BCUT2D eigenvalue weighted by atomic mass is 10.1. The first-order valence-corrected chi connectivity index (χ1v) is 11.9. The first kappa shape index (κ1) is 23.5. The molecule has 0 bridgehead atoms. The van der Waals surface area contributed by atoms with Crippen LogP contribution < -0.4 is 10.0 Å². The van der Waals surface area contributed by atoms with E-state index in [0.717, 1.165) is 11.1 Å². The van der Waals surface area contributed by atoms with Gasteiger partial charge in [-0.05, 0) is 62.8 Å². The number of amides is 1. The van der Waals surface area contributed by atoms with Crippen molar-refractivity contribution in [3.8, 4) is 0 Å². The smallest absolute Gasteiger partial charge is 0.261 e. The third-order valence-electron chi connectivity index (χ3n) is 5.42. The molecule has 1 amide bonds. The van der Waals surface area contributed by atoms with Gasteiger partial charge in [0.1, 0.15) is 0 Å². The minimum absolute atomic E-state index is 0.00454. The molecule has 2 N–H and O–H groups in total. The molecule has 3 aromatic rings. The Morgan fingerprint density at radius 2 is 1.56 bits per heavy atom. The monoisotopic (exact) mass is 451 g/mol. The fourth-order valence-electron chi connectivity index (χ4n) is 3.46. The maximum atomic E-state index is 13.0. The van der Waals surface area contributed by atoms with Crippen molar-refractivity contribution < 1.29 is 13.2 Å². The van der Waals surface area contributed by atoms with E-state index in [1.54, 1.807) is 25.1 Å². The molecule has 168 valence electrons. The summed E-state index contributed by atoms with van der Waals surface area (Å²) >= 11 is 0. The maximum Gasteiger partial charge on any atom is 0.261 e. The molecule has 32 heavy (non-hydrogen) atoms. The van der Waals surface area contributed by atoms with Gasteiger partial charge in [-0.2, -0.15) is 0 Å². The molecule has 1 atom stereocenters. The Morgan fingerprint density at radius 3 is 2.22 bits per heavy atom. The lowest BCUT2D eigenvalue weighted by molar-refractivity contribution is 0.0941. The van der Waals surface area contributed by atoms with Gasteiger partial charge in [0.15, 0.2) is 0 Å². The zero-order chi connectivity index (χ0) is 23.3. The van der Waals surface area contributed by atoms with Gasteiger partial charge in [0.25, 0.3) is 15.9 Å². The Labute approximate surface area is 190 Å². The Morgan fingerprint density at radius 1 is 0.906 bits per heavy atom. The molecule has 0 heterocycles. The number of para-hydroxylation sites is 1. The Bertz CT molecular complexity index is 1190. The van der Waals surface area contributed by atoms with E-state index in [1.807, 2.05) is 68.4 Å². The zero-order valence-electron chi connectivity index (χ0n) is 18.8. The number of carbonyl (C=O) groups is 1. The number of hydrogen-bond donors (Lipinski definition) is 2. The SMILES string of the molecule is Cc1ccccc1NS(=O)(=O)c1ccc(C)c(C(=O)NC[C@H](c2ccccc2)N(C)C)c1. The van der Waals surface area contributed by atoms with Crippen LogP contribution in [0.4, 0.5) is 5.69 Å². The highest BCUT2D eigenvalue weighted by molar-refractivity contribution is 7.92. The van der Waals surface area contributed by atoms with Gasteiger partial charge in [-0.3, -0.25) is 9.52 Å². The maximum absolute atomic E-state index is 13.0. The van der Waals surface area contributed by atoms with Crippen LogP contribution in [0.5, 0.6) is 0 Å². The fourth-order valence-corrected chi connectivity index (χ4v) is 4.62. The Balaban J connectivity index is 1.80. The van der Waals surface area contributed by atoms with E-state index < -0.39 is 10.0 Å². The summed E-state index contributed by atoms with van der Waals surface area (Å²) in [5.74, 6) is -0.307. The molecule has 0 fully saturated rings. The van der Waals surface area contributed by atoms with Crippen molar-refractivity contribution in [2.75, 3.05) is 25.4 Å². The summed E-state index contributed by atoms with van der Waals surface area (Å²) in [4.78, 5) is 15.1. The predicted molar refractivity (Wildman–Crippen MR) is 128 cm³/mol. The quantitative estimate of drug-likeness (QED) is 0.540. The number of rotatable bonds is 8. The largest absolute Gasteiger partial charge is 0.350 e. The molecule has 0 saturated carbocycles. The molecule has 0 aliphatic carbocycles. The van der Waals surface area contributed by atoms with Crippen LogP contribution in [0.3, 0.4) is 0 Å². The molecule has 0 aromatic heterocycles. The molecule has 0 aliphatic rings. The summed E-state index contributed by atoms with van der Waals surface area (Å²) in [6.07, 6.45) is 0. The molecule has 6 nitrogen and oxygen atoms in total. The molecule has 0 unspecified atom stereocenters. The first-order chi connectivity index (χ1) is 15.2. The molecular weight excluding hydrogens is 422 g/mol. The third kappa shape index (κ3) is 5.55. The van der Waals surface area contributed by atoms with Crippen LogP contribution in [0.25, 0.3) is 0 Å². The lowest BCUT2D eigenvalue weighted by Crippen LogP contribution is -2.35. The van der Waals surface area contributed by atoms with Crippen molar-refractivity contribution in [2.24, 2.45) is 0 Å². The number of aryl methyl sites for hydroxylation is 2. The van der Waals surface area contributed by atoms with Crippen molar-refractivity contribution in [3.05, 3.63) is 95.1 Å². The normalized spacial score (nSPS) is 12.4. The lowest BCUT2D eigenvalue weighted by Gasteiger charge is -2.25. The van der Waals surface area contributed by atoms with Gasteiger partial charge in [0, 0.05) is 12.1 Å². The van der Waals surface area contributed by atoms with E-state index in [1.165, 1.54) is 12.1 Å². The van der Waals surface area contributed by atoms with Crippen LogP contribution in [0.15, 0.2) is 77.7 Å². The molecule has 7 heteroatoms. The topological polar surface area (TPSA) is 78.5 Å². The van der Waals surface area contributed by atoms with E-state index in [9.17, 15) is 13.2 Å². The van der Waals surface area contributed by atoms with Gasteiger partial charge in [-0.1, -0.05) is 54.6 Å². The minimum atomic E-state index is -3.83. The molecule has 0 saturated heterocycles. The van der Waals surface area contributed by atoms with Crippen molar-refractivity contribution in [1.82, 2.24) is 10.2 Å². The van der Waals surface area contributed by atoms with E-state index in [4.69, 9.17) is 0 Å². The highest BCUT2D eigenvalue weighted by atomic mass is 32.2. The Kier molecular flexibility index (Phi) is 7.33. The van der Waals surface area contributed by atoms with Gasteiger partial charge in [-0.25, -0.2) is 8.42 Å². The van der Waals surface area contributed by atoms with Gasteiger partial charge >= 0.3 is 0 Å². The molecule has 0 radical (unpaired) electrons. The van der Waals surface area contributed by atoms with Crippen LogP contribution >= 0.6 is 0 Å². The molecule has 3 rings (SSSR count). The van der Waals surface area contributed by atoms with Crippen LogP contribution in [0.1, 0.15) is 33.1 Å². The molecular formula is C25H29N3O3S. The van der Waals surface area contributed by atoms with E-state index in [-0.39, 0.29) is 16.8 Å². The number of likely N-dealkylation sites (N-methyl/N-ethyl adjacent to an activating group) is 1. The number of carbonyl (C=O) groups excluding carboxylic acids is 1. The average molecular weight is 452 g/mol. The van der Waals surface area contributed by atoms with Crippen LogP contribution in [-0.4, -0.2) is 39.9 Å². The van der Waals surface area contributed by atoms with Crippen molar-refractivity contribution in [1.29, 1.82) is 0 Å². The van der Waals surface area contributed by atoms with Gasteiger partial charge in [-0.15, -0.1) is 0 Å². The number of sulfonamides is 1. The molecule has 0 spiro atoms. The summed E-state index contributed by atoms with van der Waals surface area (Å²) in [7, 11) is 0.0812.